The van der Waals surface area contributed by atoms with Crippen molar-refractivity contribution in [1.29, 1.82) is 0 Å². The van der Waals surface area contributed by atoms with Crippen LogP contribution in [0.15, 0.2) is 34.9 Å². The lowest BCUT2D eigenvalue weighted by molar-refractivity contribution is 0.777. The molecule has 2 aromatic heterocycles. The van der Waals surface area contributed by atoms with Crippen molar-refractivity contribution in [3.05, 3.63) is 34.9 Å². The van der Waals surface area contributed by atoms with Crippen LogP contribution in [0.1, 0.15) is 0 Å². The Morgan fingerprint density at radius 3 is 2.88 bits per heavy atom. The smallest absolute Gasteiger partial charge is 0.101 e. The summed E-state index contributed by atoms with van der Waals surface area (Å²) in [4.78, 5) is 1.14. The van der Waals surface area contributed by atoms with Gasteiger partial charge in [0.05, 0.1) is 16.8 Å². The molecular weight excluding hydrogens is 298 g/mol. The quantitative estimate of drug-likeness (QED) is 0.746. The zero-order valence-corrected chi connectivity index (χ0v) is 11.5. The molecule has 0 aliphatic carbocycles. The van der Waals surface area contributed by atoms with Crippen LogP contribution in [0, 0.1) is 0 Å². The molecular formula is C12H10BrN3S. The molecule has 0 saturated heterocycles. The van der Waals surface area contributed by atoms with E-state index in [1.807, 2.05) is 23.9 Å². The van der Waals surface area contributed by atoms with Gasteiger partial charge in [0.1, 0.15) is 5.69 Å². The molecule has 0 saturated carbocycles. The van der Waals surface area contributed by atoms with E-state index in [4.69, 9.17) is 5.73 Å². The van der Waals surface area contributed by atoms with E-state index in [-0.39, 0.29) is 0 Å². The summed E-state index contributed by atoms with van der Waals surface area (Å²) in [6.07, 6.45) is 1.69. The van der Waals surface area contributed by atoms with Gasteiger partial charge in [-0.3, -0.25) is 4.68 Å². The molecule has 0 radical (unpaired) electrons. The second kappa shape index (κ2) is 3.85. The summed E-state index contributed by atoms with van der Waals surface area (Å²) in [7, 11) is 1.91. The van der Waals surface area contributed by atoms with Gasteiger partial charge in [0.2, 0.25) is 0 Å². The number of fused-ring (bicyclic) bond motifs is 1. The lowest BCUT2D eigenvalue weighted by Gasteiger charge is -1.98. The number of benzene rings is 1. The molecule has 0 aliphatic heterocycles. The Balaban J connectivity index is 2.29. The third-order valence-electron chi connectivity index (χ3n) is 2.71. The molecule has 2 heterocycles. The highest BCUT2D eigenvalue weighted by molar-refractivity contribution is 9.10. The number of aryl methyl sites for hydroxylation is 1. The Kier molecular flexibility index (Phi) is 2.45. The van der Waals surface area contributed by atoms with Crippen molar-refractivity contribution in [3.63, 3.8) is 0 Å². The summed E-state index contributed by atoms with van der Waals surface area (Å²) in [5, 5.41) is 5.39. The minimum atomic E-state index is 0.718. The maximum absolute atomic E-state index is 5.94. The van der Waals surface area contributed by atoms with Crippen LogP contribution in [-0.4, -0.2) is 9.78 Å². The molecule has 86 valence electrons. The van der Waals surface area contributed by atoms with Crippen molar-refractivity contribution in [2.24, 2.45) is 7.05 Å². The lowest BCUT2D eigenvalue weighted by Crippen LogP contribution is -1.93. The van der Waals surface area contributed by atoms with Crippen LogP contribution in [-0.2, 0) is 7.05 Å². The summed E-state index contributed by atoms with van der Waals surface area (Å²) in [5.41, 5.74) is 7.65. The van der Waals surface area contributed by atoms with Crippen LogP contribution in [0.3, 0.4) is 0 Å². The van der Waals surface area contributed by atoms with Crippen molar-refractivity contribution < 1.29 is 0 Å². The van der Waals surface area contributed by atoms with Gasteiger partial charge in [-0.2, -0.15) is 5.10 Å². The summed E-state index contributed by atoms with van der Waals surface area (Å²) < 4.78 is 4.17. The maximum atomic E-state index is 5.94. The van der Waals surface area contributed by atoms with Gasteiger partial charge in [-0.05, 0) is 18.2 Å². The minimum Gasteiger partial charge on any atom is -0.396 e. The first-order valence-corrected chi connectivity index (χ1v) is 6.73. The molecule has 0 amide bonds. The van der Waals surface area contributed by atoms with Crippen LogP contribution < -0.4 is 5.73 Å². The number of rotatable bonds is 1. The van der Waals surface area contributed by atoms with Crippen LogP contribution >= 0.6 is 27.3 Å². The first-order chi connectivity index (χ1) is 8.16. The van der Waals surface area contributed by atoms with E-state index in [9.17, 15) is 0 Å². The average Bonchev–Trinajstić information content (AvgIpc) is 2.84. The first-order valence-electron chi connectivity index (χ1n) is 5.12. The van der Waals surface area contributed by atoms with Gasteiger partial charge in [0, 0.05) is 21.6 Å². The van der Waals surface area contributed by atoms with Crippen LogP contribution in [0.5, 0.6) is 0 Å². The summed E-state index contributed by atoms with van der Waals surface area (Å²) in [5.74, 6) is 0. The fourth-order valence-corrected chi connectivity index (χ4v) is 3.70. The lowest BCUT2D eigenvalue weighted by atomic mass is 10.2. The van der Waals surface area contributed by atoms with Crippen molar-refractivity contribution in [2.75, 3.05) is 5.73 Å². The van der Waals surface area contributed by atoms with E-state index in [1.54, 1.807) is 17.5 Å². The Bertz CT molecular complexity index is 679. The van der Waals surface area contributed by atoms with Gasteiger partial charge in [-0.15, -0.1) is 11.3 Å². The topological polar surface area (TPSA) is 43.8 Å². The van der Waals surface area contributed by atoms with Gasteiger partial charge in [-0.1, -0.05) is 22.0 Å². The third kappa shape index (κ3) is 1.66. The van der Waals surface area contributed by atoms with Gasteiger partial charge in [-0.25, -0.2) is 0 Å². The van der Waals surface area contributed by atoms with Gasteiger partial charge < -0.3 is 5.73 Å². The third-order valence-corrected chi connectivity index (χ3v) is 4.51. The number of nitrogen functional groups attached to an aromatic ring is 1. The normalized spacial score (nSPS) is 11.2. The summed E-state index contributed by atoms with van der Waals surface area (Å²) >= 11 is 5.29. The number of nitrogens with zero attached hydrogens (tertiary/aromatic N) is 2. The SMILES string of the molecule is Cn1ncc(N)c1-c1cc2c(Br)cccc2s1. The Morgan fingerprint density at radius 2 is 2.24 bits per heavy atom. The number of thiophene rings is 1. The average molecular weight is 308 g/mol. The number of hydrogen-bond acceptors (Lipinski definition) is 3. The van der Waals surface area contributed by atoms with Crippen molar-refractivity contribution in [3.8, 4) is 10.6 Å². The predicted molar refractivity (Wildman–Crippen MR) is 76.1 cm³/mol. The summed E-state index contributed by atoms with van der Waals surface area (Å²) in [6.45, 7) is 0. The number of aromatic nitrogens is 2. The Labute approximate surface area is 111 Å². The highest BCUT2D eigenvalue weighted by Crippen LogP contribution is 2.38. The molecule has 0 spiro atoms. The molecule has 5 heteroatoms. The highest BCUT2D eigenvalue weighted by atomic mass is 79.9. The van der Waals surface area contributed by atoms with Crippen molar-refractivity contribution >= 4 is 43.0 Å². The predicted octanol–water partition coefficient (Wildman–Crippen LogP) is 3.65. The van der Waals surface area contributed by atoms with Crippen LogP contribution in [0.2, 0.25) is 0 Å². The number of anilines is 1. The minimum absolute atomic E-state index is 0.718. The Morgan fingerprint density at radius 1 is 1.41 bits per heavy atom. The first kappa shape index (κ1) is 10.8. The monoisotopic (exact) mass is 307 g/mol. The molecule has 0 unspecified atom stereocenters. The molecule has 0 bridgehead atoms. The van der Waals surface area contributed by atoms with Gasteiger partial charge >= 0.3 is 0 Å². The zero-order chi connectivity index (χ0) is 12.0. The Hall–Kier alpha value is -1.33. The largest absolute Gasteiger partial charge is 0.396 e. The van der Waals surface area contributed by atoms with E-state index in [0.29, 0.717) is 0 Å². The van der Waals surface area contributed by atoms with E-state index < -0.39 is 0 Å². The van der Waals surface area contributed by atoms with E-state index in [0.717, 1.165) is 20.7 Å². The number of hydrogen-bond donors (Lipinski definition) is 1. The van der Waals surface area contributed by atoms with Crippen LogP contribution in [0.4, 0.5) is 5.69 Å². The van der Waals surface area contributed by atoms with Crippen LogP contribution in [0.25, 0.3) is 20.7 Å². The molecule has 3 nitrogen and oxygen atoms in total. The molecule has 0 atom stereocenters. The maximum Gasteiger partial charge on any atom is 0.101 e. The van der Waals surface area contributed by atoms with Gasteiger partial charge in [0.15, 0.2) is 0 Å². The fourth-order valence-electron chi connectivity index (χ4n) is 1.90. The molecule has 2 N–H and O–H groups in total. The molecule has 3 aromatic rings. The standard InChI is InChI=1S/C12H10BrN3S/c1-16-12(9(14)6-15-16)11-5-7-8(13)3-2-4-10(7)17-11/h2-6H,14H2,1H3. The zero-order valence-electron chi connectivity index (χ0n) is 9.14. The molecule has 1 aromatic carbocycles. The summed E-state index contributed by atoms with van der Waals surface area (Å²) in [6, 6.07) is 8.35. The highest BCUT2D eigenvalue weighted by Gasteiger charge is 2.12. The number of nitrogens with two attached hydrogens (primary N) is 1. The fraction of sp³-hybridized carbons (Fsp3) is 0.0833. The molecule has 3 rings (SSSR count). The molecule has 17 heavy (non-hydrogen) atoms. The van der Waals surface area contributed by atoms with Crippen molar-refractivity contribution in [1.82, 2.24) is 9.78 Å². The molecule has 0 fully saturated rings. The number of halogens is 1. The second-order valence-corrected chi connectivity index (χ2v) is 5.77. The molecule has 0 aliphatic rings. The van der Waals surface area contributed by atoms with Crippen molar-refractivity contribution in [2.45, 2.75) is 0 Å². The second-order valence-electron chi connectivity index (χ2n) is 3.83. The van der Waals surface area contributed by atoms with Gasteiger partial charge in [0.25, 0.3) is 0 Å². The van der Waals surface area contributed by atoms with E-state index in [1.165, 1.54) is 10.1 Å². The van der Waals surface area contributed by atoms with E-state index in [2.05, 4.69) is 33.2 Å². The van der Waals surface area contributed by atoms with E-state index >= 15 is 0 Å².